The summed E-state index contributed by atoms with van der Waals surface area (Å²) in [4.78, 5) is 38.6. The second kappa shape index (κ2) is 5.62. The average Bonchev–Trinajstić information content (AvgIpc) is 3.15. The molecule has 1 aromatic heterocycles. The molecule has 25 heavy (non-hydrogen) atoms. The van der Waals surface area contributed by atoms with E-state index in [0.29, 0.717) is 10.7 Å². The molecule has 1 unspecified atom stereocenters. The van der Waals surface area contributed by atoms with Crippen LogP contribution in [0.15, 0.2) is 15.6 Å². The van der Waals surface area contributed by atoms with Crippen molar-refractivity contribution in [2.45, 2.75) is 29.8 Å². The first kappa shape index (κ1) is 16.2. The van der Waals surface area contributed by atoms with E-state index in [1.807, 2.05) is 0 Å². The number of tetrazole rings is 1. The fourth-order valence-electron chi connectivity index (χ4n) is 3.46. The molecule has 2 fully saturated rings. The lowest BCUT2D eigenvalue weighted by Gasteiger charge is -2.51. The fourth-order valence-corrected chi connectivity index (χ4v) is 5.21. The first-order valence-electron chi connectivity index (χ1n) is 7.16. The average molecular weight is 384 g/mol. The van der Waals surface area contributed by atoms with Crippen molar-refractivity contribution < 1.29 is 24.6 Å². The molecular formula is C12H12N6O5S2. The predicted octanol–water partition coefficient (Wildman–Crippen LogP) is -0.620. The number of hydrogen-bond donors (Lipinski definition) is 2. The highest BCUT2D eigenvalue weighted by molar-refractivity contribution is 8.03. The highest BCUT2D eigenvalue weighted by atomic mass is 32.2. The third kappa shape index (κ3) is 2.15. The van der Waals surface area contributed by atoms with Crippen molar-refractivity contribution in [3.63, 3.8) is 0 Å². The summed E-state index contributed by atoms with van der Waals surface area (Å²) in [6.07, 6.45) is 0.617. The lowest BCUT2D eigenvalue weighted by Crippen LogP contribution is -2.73. The van der Waals surface area contributed by atoms with Gasteiger partial charge in [-0.15, -0.1) is 16.9 Å². The summed E-state index contributed by atoms with van der Waals surface area (Å²) in [5.41, 5.74) is 0.533. The summed E-state index contributed by atoms with van der Waals surface area (Å²) in [6, 6.07) is -2.50. The molecule has 2 amide bonds. The molecule has 13 heteroatoms. The minimum absolute atomic E-state index is 0.0895. The Balaban J connectivity index is 1.74. The second-order valence-electron chi connectivity index (χ2n) is 5.61. The van der Waals surface area contributed by atoms with Crippen molar-refractivity contribution >= 4 is 41.5 Å². The standard InChI is InChI=1S/C12H12N6O5S2/c1-24-11-13-14-15-17(11)2-4-5(10(20)21)18-6-7(9(18)19)16(12(22)23)3-25-8(4)6/h5-7H,2-3H2,1H3,(H,20,21)(H,22,23)/t5?,6-,7-/m0/s1. The minimum atomic E-state index is -1.19. The molecule has 0 bridgehead atoms. The predicted molar refractivity (Wildman–Crippen MR) is 84.8 cm³/mol. The van der Waals surface area contributed by atoms with E-state index in [9.17, 15) is 24.6 Å². The number of rotatable bonds is 4. The van der Waals surface area contributed by atoms with Gasteiger partial charge in [-0.05, 0) is 22.3 Å². The Morgan fingerprint density at radius 2 is 2.12 bits per heavy atom. The molecule has 4 rings (SSSR count). The van der Waals surface area contributed by atoms with E-state index < -0.39 is 36.1 Å². The Hall–Kier alpha value is -2.28. The lowest BCUT2D eigenvalue weighted by molar-refractivity contribution is -0.163. The van der Waals surface area contributed by atoms with E-state index in [4.69, 9.17) is 0 Å². The molecule has 0 aliphatic carbocycles. The van der Waals surface area contributed by atoms with Crippen LogP contribution in [0.1, 0.15) is 0 Å². The number of carbonyl (C=O) groups excluding carboxylic acids is 1. The third-order valence-corrected chi connectivity index (χ3v) is 6.36. The van der Waals surface area contributed by atoms with E-state index in [1.165, 1.54) is 33.1 Å². The van der Waals surface area contributed by atoms with Gasteiger partial charge in [0, 0.05) is 4.91 Å². The van der Waals surface area contributed by atoms with Crippen molar-refractivity contribution in [2.75, 3.05) is 12.1 Å². The van der Waals surface area contributed by atoms with Crippen LogP contribution in [0.5, 0.6) is 0 Å². The highest BCUT2D eigenvalue weighted by Crippen LogP contribution is 2.50. The first-order valence-corrected chi connectivity index (χ1v) is 9.37. The Kier molecular flexibility index (Phi) is 3.64. The number of aliphatic carboxylic acids is 1. The lowest BCUT2D eigenvalue weighted by atomic mass is 9.95. The number of carbonyl (C=O) groups is 3. The fraction of sp³-hybridized carbons (Fsp3) is 0.500. The number of amides is 2. The maximum atomic E-state index is 12.4. The van der Waals surface area contributed by atoms with E-state index in [-0.39, 0.29) is 12.4 Å². The van der Waals surface area contributed by atoms with E-state index in [0.717, 1.165) is 9.81 Å². The number of carboxylic acids is 1. The van der Waals surface area contributed by atoms with Crippen LogP contribution in [0.3, 0.4) is 0 Å². The molecule has 0 saturated carbocycles. The van der Waals surface area contributed by atoms with Crippen LogP contribution in [-0.2, 0) is 16.1 Å². The van der Waals surface area contributed by atoms with Crippen molar-refractivity contribution in [3.05, 3.63) is 10.5 Å². The number of thioether (sulfide) groups is 2. The van der Waals surface area contributed by atoms with Gasteiger partial charge in [-0.1, -0.05) is 11.8 Å². The van der Waals surface area contributed by atoms with Gasteiger partial charge in [-0.3, -0.25) is 9.69 Å². The normalized spacial score (nSPS) is 27.4. The minimum Gasteiger partial charge on any atom is -0.479 e. The Morgan fingerprint density at radius 1 is 1.36 bits per heavy atom. The summed E-state index contributed by atoms with van der Waals surface area (Å²) in [5.74, 6) is -1.54. The molecule has 3 aliphatic heterocycles. The largest absolute Gasteiger partial charge is 0.479 e. The molecule has 2 N–H and O–H groups in total. The van der Waals surface area contributed by atoms with Crippen molar-refractivity contribution in [2.24, 2.45) is 0 Å². The zero-order chi connectivity index (χ0) is 17.9. The van der Waals surface area contributed by atoms with Crippen molar-refractivity contribution in [3.8, 4) is 0 Å². The number of aromatic nitrogens is 4. The molecule has 0 spiro atoms. The summed E-state index contributed by atoms with van der Waals surface area (Å²) in [6.45, 7) is 0.141. The third-order valence-electron chi connectivity index (χ3n) is 4.48. The van der Waals surface area contributed by atoms with Crippen LogP contribution in [-0.4, -0.2) is 88.4 Å². The highest BCUT2D eigenvalue weighted by Gasteiger charge is 2.64. The monoisotopic (exact) mass is 384 g/mol. The van der Waals surface area contributed by atoms with E-state index in [1.54, 1.807) is 6.26 Å². The zero-order valence-corrected chi connectivity index (χ0v) is 14.4. The number of hydrogen-bond acceptors (Lipinski definition) is 8. The van der Waals surface area contributed by atoms with E-state index in [2.05, 4.69) is 15.5 Å². The van der Waals surface area contributed by atoms with Crippen LogP contribution in [0, 0.1) is 0 Å². The molecular weight excluding hydrogens is 372 g/mol. The van der Waals surface area contributed by atoms with Gasteiger partial charge in [0.1, 0.15) is 6.04 Å². The number of nitrogens with zero attached hydrogens (tertiary/aromatic N) is 6. The number of carboxylic acid groups (broad SMARTS) is 2. The van der Waals surface area contributed by atoms with Crippen molar-refractivity contribution in [1.82, 2.24) is 30.0 Å². The first-order chi connectivity index (χ1) is 12.0. The van der Waals surface area contributed by atoms with Gasteiger partial charge in [0.15, 0.2) is 6.04 Å². The van der Waals surface area contributed by atoms with Crippen LogP contribution in [0.25, 0.3) is 0 Å². The number of β-lactam (4-membered cyclic amide) rings is 1. The second-order valence-corrected chi connectivity index (χ2v) is 7.37. The van der Waals surface area contributed by atoms with Gasteiger partial charge in [-0.25, -0.2) is 14.3 Å². The van der Waals surface area contributed by atoms with Gasteiger partial charge in [0.05, 0.1) is 18.5 Å². The van der Waals surface area contributed by atoms with Crippen LogP contribution < -0.4 is 0 Å². The quantitative estimate of drug-likeness (QED) is 0.509. The molecule has 0 aromatic carbocycles. The molecule has 0 radical (unpaired) electrons. The maximum Gasteiger partial charge on any atom is 0.408 e. The molecule has 11 nitrogen and oxygen atoms in total. The summed E-state index contributed by atoms with van der Waals surface area (Å²) < 4.78 is 1.48. The summed E-state index contributed by atoms with van der Waals surface area (Å²) in [7, 11) is 0. The Labute approximate surface area is 149 Å². The molecule has 2 saturated heterocycles. The topological polar surface area (TPSA) is 142 Å². The SMILES string of the molecule is CSc1nnnn1CC1=C2SCN(C(=O)O)[C@@H]3C(=O)N(C1C(=O)O)[C@H]23. The maximum absolute atomic E-state index is 12.4. The Bertz CT molecular complexity index is 825. The summed E-state index contributed by atoms with van der Waals surface area (Å²) in [5, 5.41) is 30.7. The van der Waals surface area contributed by atoms with Crippen LogP contribution >= 0.6 is 23.5 Å². The smallest absolute Gasteiger partial charge is 0.408 e. The molecule has 1 aromatic rings. The molecule has 132 valence electrons. The Morgan fingerprint density at radius 3 is 2.76 bits per heavy atom. The van der Waals surface area contributed by atoms with Crippen LogP contribution in [0.2, 0.25) is 0 Å². The molecule has 3 atom stereocenters. The van der Waals surface area contributed by atoms with Gasteiger partial charge >= 0.3 is 12.1 Å². The van der Waals surface area contributed by atoms with Gasteiger partial charge < -0.3 is 15.1 Å². The van der Waals surface area contributed by atoms with E-state index >= 15 is 0 Å². The van der Waals surface area contributed by atoms with Gasteiger partial charge in [0.2, 0.25) is 11.1 Å². The van der Waals surface area contributed by atoms with Gasteiger partial charge in [-0.2, -0.15) is 0 Å². The van der Waals surface area contributed by atoms with Crippen LogP contribution in [0.4, 0.5) is 4.79 Å². The summed E-state index contributed by atoms with van der Waals surface area (Å²) >= 11 is 2.57. The zero-order valence-electron chi connectivity index (χ0n) is 12.8. The van der Waals surface area contributed by atoms with Crippen molar-refractivity contribution in [1.29, 1.82) is 0 Å². The molecule has 3 aliphatic rings. The van der Waals surface area contributed by atoms with Gasteiger partial charge in [0.25, 0.3) is 0 Å². The molecule has 4 heterocycles.